The molecule has 0 aromatic carbocycles. The number of nitrogens with one attached hydrogen (secondary N) is 1. The fourth-order valence-corrected chi connectivity index (χ4v) is 1.87. The number of hydrogen-bond donors (Lipinski definition) is 1. The minimum absolute atomic E-state index is 0.155. The van der Waals surface area contributed by atoms with Gasteiger partial charge < -0.3 is 10.1 Å². The quantitative estimate of drug-likeness (QED) is 0.717. The molecule has 3 nitrogen and oxygen atoms in total. The average Bonchev–Trinajstić information content (AvgIpc) is 2.19. The first kappa shape index (κ1) is 10.4. The molecule has 1 aliphatic rings. The summed E-state index contributed by atoms with van der Waals surface area (Å²) in [6.07, 6.45) is 5.60. The van der Waals surface area contributed by atoms with Gasteiger partial charge in [0.25, 0.3) is 0 Å². The molecule has 13 heavy (non-hydrogen) atoms. The van der Waals surface area contributed by atoms with E-state index in [1.165, 1.54) is 19.3 Å². The highest BCUT2D eigenvalue weighted by atomic mass is 16.6. The number of hydrogen-bond acceptors (Lipinski definition) is 2. The predicted molar refractivity (Wildman–Crippen MR) is 51.6 cm³/mol. The lowest BCUT2D eigenvalue weighted by atomic mass is 9.86. The Bertz CT molecular complexity index is 162. The van der Waals surface area contributed by atoms with Crippen LogP contribution in [0.25, 0.3) is 0 Å². The summed E-state index contributed by atoms with van der Waals surface area (Å²) in [4.78, 5) is 10.9. The molecule has 0 aliphatic heterocycles. The molecule has 0 heterocycles. The maximum atomic E-state index is 10.9. The first-order valence-electron chi connectivity index (χ1n) is 5.14. The van der Waals surface area contributed by atoms with Crippen molar-refractivity contribution in [1.82, 2.24) is 5.32 Å². The third kappa shape index (κ3) is 3.25. The summed E-state index contributed by atoms with van der Waals surface area (Å²) < 4.78 is 5.18. The van der Waals surface area contributed by atoms with E-state index in [0.717, 1.165) is 18.8 Å². The fourth-order valence-electron chi connectivity index (χ4n) is 1.87. The second kappa shape index (κ2) is 5.10. The van der Waals surface area contributed by atoms with E-state index in [1.54, 1.807) is 7.05 Å². The van der Waals surface area contributed by atoms with Gasteiger partial charge in [0.05, 0.1) is 0 Å². The molecule has 3 heteroatoms. The maximum Gasteiger partial charge on any atom is 0.407 e. The molecule has 1 aliphatic carbocycles. The Labute approximate surface area is 79.8 Å². The molecular weight excluding hydrogens is 166 g/mol. The van der Waals surface area contributed by atoms with Crippen LogP contribution < -0.4 is 5.32 Å². The van der Waals surface area contributed by atoms with Gasteiger partial charge in [-0.1, -0.05) is 13.3 Å². The van der Waals surface area contributed by atoms with Crippen LogP contribution in [0.5, 0.6) is 0 Å². The van der Waals surface area contributed by atoms with Crippen LogP contribution in [-0.2, 0) is 4.74 Å². The lowest BCUT2D eigenvalue weighted by molar-refractivity contribution is 0.0652. The molecule has 1 fully saturated rings. The van der Waals surface area contributed by atoms with Crippen LogP contribution in [0.15, 0.2) is 0 Å². The Kier molecular flexibility index (Phi) is 4.06. The zero-order valence-electron chi connectivity index (χ0n) is 8.51. The van der Waals surface area contributed by atoms with Gasteiger partial charge in [-0.15, -0.1) is 0 Å². The van der Waals surface area contributed by atoms with E-state index in [1.807, 2.05) is 0 Å². The van der Waals surface area contributed by atoms with Crippen molar-refractivity contribution >= 4 is 6.09 Å². The van der Waals surface area contributed by atoms with E-state index in [-0.39, 0.29) is 12.2 Å². The van der Waals surface area contributed by atoms with Crippen LogP contribution in [0.3, 0.4) is 0 Å². The largest absolute Gasteiger partial charge is 0.446 e. The minimum atomic E-state index is -0.292. The second-order valence-corrected chi connectivity index (χ2v) is 3.71. The summed E-state index contributed by atoms with van der Waals surface area (Å²) in [5.41, 5.74) is 0. The molecule has 0 aromatic rings. The van der Waals surface area contributed by atoms with E-state index >= 15 is 0 Å². The van der Waals surface area contributed by atoms with Gasteiger partial charge in [0.2, 0.25) is 0 Å². The zero-order chi connectivity index (χ0) is 9.68. The predicted octanol–water partition coefficient (Wildman–Crippen LogP) is 2.31. The first-order valence-corrected chi connectivity index (χ1v) is 5.14. The van der Waals surface area contributed by atoms with E-state index in [4.69, 9.17) is 4.74 Å². The van der Waals surface area contributed by atoms with Crippen molar-refractivity contribution in [2.75, 3.05) is 7.05 Å². The van der Waals surface area contributed by atoms with Crippen molar-refractivity contribution in [2.24, 2.45) is 5.92 Å². The van der Waals surface area contributed by atoms with Gasteiger partial charge in [0, 0.05) is 7.05 Å². The number of carbonyl (C=O) groups is 1. The van der Waals surface area contributed by atoms with Crippen LogP contribution in [0.4, 0.5) is 4.79 Å². The molecule has 0 saturated heterocycles. The topological polar surface area (TPSA) is 38.3 Å². The Morgan fingerprint density at radius 2 is 2.00 bits per heavy atom. The third-order valence-electron chi connectivity index (χ3n) is 2.85. The van der Waals surface area contributed by atoms with Crippen LogP contribution >= 0.6 is 0 Å². The zero-order valence-corrected chi connectivity index (χ0v) is 8.51. The van der Waals surface area contributed by atoms with Crippen LogP contribution in [0.2, 0.25) is 0 Å². The summed E-state index contributed by atoms with van der Waals surface area (Å²) in [7, 11) is 1.60. The van der Waals surface area contributed by atoms with E-state index < -0.39 is 0 Å². The van der Waals surface area contributed by atoms with Crippen LogP contribution in [-0.4, -0.2) is 19.2 Å². The van der Waals surface area contributed by atoms with Gasteiger partial charge in [-0.05, 0) is 31.6 Å². The van der Waals surface area contributed by atoms with Crippen molar-refractivity contribution in [3.8, 4) is 0 Å². The smallest absolute Gasteiger partial charge is 0.407 e. The molecule has 1 amide bonds. The van der Waals surface area contributed by atoms with E-state index in [0.29, 0.717) is 0 Å². The van der Waals surface area contributed by atoms with E-state index in [9.17, 15) is 4.79 Å². The average molecular weight is 185 g/mol. The van der Waals surface area contributed by atoms with Crippen molar-refractivity contribution < 1.29 is 9.53 Å². The number of rotatable bonds is 2. The summed E-state index contributed by atoms with van der Waals surface area (Å²) in [6, 6.07) is 0. The molecule has 0 spiro atoms. The highest BCUT2D eigenvalue weighted by Crippen LogP contribution is 2.28. The molecular formula is C10H19NO2. The van der Waals surface area contributed by atoms with Crippen LogP contribution in [0, 0.1) is 5.92 Å². The lowest BCUT2D eigenvalue weighted by Gasteiger charge is -2.27. The van der Waals surface area contributed by atoms with Crippen molar-refractivity contribution in [2.45, 2.75) is 45.1 Å². The normalized spacial score (nSPS) is 28.2. The molecule has 0 unspecified atom stereocenters. The van der Waals surface area contributed by atoms with Gasteiger partial charge in [0.1, 0.15) is 6.10 Å². The first-order chi connectivity index (χ1) is 6.26. The highest BCUT2D eigenvalue weighted by Gasteiger charge is 2.22. The maximum absolute atomic E-state index is 10.9. The Morgan fingerprint density at radius 1 is 1.38 bits per heavy atom. The Morgan fingerprint density at radius 3 is 2.46 bits per heavy atom. The Hall–Kier alpha value is -0.730. The van der Waals surface area contributed by atoms with Crippen molar-refractivity contribution in [1.29, 1.82) is 0 Å². The highest BCUT2D eigenvalue weighted by molar-refractivity contribution is 5.66. The summed E-state index contributed by atoms with van der Waals surface area (Å²) in [5.74, 6) is 0.851. The van der Waals surface area contributed by atoms with Crippen molar-refractivity contribution in [3.05, 3.63) is 0 Å². The number of ether oxygens (including phenoxy) is 1. The fraction of sp³-hybridized carbons (Fsp3) is 0.900. The molecule has 0 aromatic heterocycles. The van der Waals surface area contributed by atoms with Crippen LogP contribution in [0.1, 0.15) is 39.0 Å². The van der Waals surface area contributed by atoms with Gasteiger partial charge in [0.15, 0.2) is 0 Å². The molecule has 76 valence electrons. The molecule has 0 atom stereocenters. The minimum Gasteiger partial charge on any atom is -0.446 e. The van der Waals surface area contributed by atoms with Gasteiger partial charge in [-0.2, -0.15) is 0 Å². The summed E-state index contributed by atoms with van der Waals surface area (Å²) >= 11 is 0. The number of alkyl carbamates (subject to hydrolysis) is 1. The van der Waals surface area contributed by atoms with E-state index in [2.05, 4.69) is 12.2 Å². The van der Waals surface area contributed by atoms with Gasteiger partial charge in [-0.25, -0.2) is 4.79 Å². The number of amides is 1. The SMILES string of the molecule is CCC1CCC(OC(=O)NC)CC1. The standard InChI is InChI=1S/C10H19NO2/c1-3-8-4-6-9(7-5-8)13-10(12)11-2/h8-9H,3-7H2,1-2H3,(H,11,12). The number of carbonyl (C=O) groups excluding carboxylic acids is 1. The monoisotopic (exact) mass is 185 g/mol. The lowest BCUT2D eigenvalue weighted by Crippen LogP contribution is -2.29. The molecule has 1 saturated carbocycles. The van der Waals surface area contributed by atoms with Crippen molar-refractivity contribution in [3.63, 3.8) is 0 Å². The van der Waals surface area contributed by atoms with Gasteiger partial charge in [-0.3, -0.25) is 0 Å². The van der Waals surface area contributed by atoms with Gasteiger partial charge >= 0.3 is 6.09 Å². The molecule has 1 N–H and O–H groups in total. The molecule has 0 radical (unpaired) electrons. The summed E-state index contributed by atoms with van der Waals surface area (Å²) in [6.45, 7) is 2.23. The molecule has 0 bridgehead atoms. The molecule has 1 rings (SSSR count). The Balaban J connectivity index is 2.21. The summed E-state index contributed by atoms with van der Waals surface area (Å²) in [5, 5.41) is 2.48. The third-order valence-corrected chi connectivity index (χ3v) is 2.85. The second-order valence-electron chi connectivity index (χ2n) is 3.71.